The molecule has 0 aromatic heterocycles. The zero-order valence-corrected chi connectivity index (χ0v) is 17.0. The normalized spacial score (nSPS) is 11.6. The first-order chi connectivity index (χ1) is 13.4. The van der Waals surface area contributed by atoms with Crippen LogP contribution in [-0.2, 0) is 9.59 Å². The van der Waals surface area contributed by atoms with Crippen molar-refractivity contribution in [2.75, 3.05) is 6.61 Å². The lowest BCUT2D eigenvalue weighted by molar-refractivity contribution is -0.139. The van der Waals surface area contributed by atoms with Crippen molar-refractivity contribution >= 4 is 17.7 Å². The van der Waals surface area contributed by atoms with Crippen LogP contribution in [0.5, 0.6) is 5.75 Å². The molecule has 2 N–H and O–H groups in total. The Labute approximate surface area is 167 Å². The molecule has 0 bridgehead atoms. The minimum atomic E-state index is -1.13. The van der Waals surface area contributed by atoms with Gasteiger partial charge in [0, 0.05) is 5.56 Å². The van der Waals surface area contributed by atoms with Gasteiger partial charge in [0.05, 0.1) is 19.1 Å². The topological polar surface area (TPSA) is 92.7 Å². The highest BCUT2D eigenvalue weighted by Gasteiger charge is 2.20. The summed E-state index contributed by atoms with van der Waals surface area (Å²) in [7, 11) is 0. The maximum Gasteiger partial charge on any atom is 0.305 e. The zero-order valence-electron chi connectivity index (χ0n) is 17.0. The SMILES string of the molecule is CCCCCCCCCCOc1ccc(C(=O)NC(CC(=O)O)C(C)=O)cc1. The van der Waals surface area contributed by atoms with E-state index in [0.29, 0.717) is 17.9 Å². The number of nitrogens with one attached hydrogen (secondary N) is 1. The molecule has 0 fully saturated rings. The van der Waals surface area contributed by atoms with Gasteiger partial charge in [-0.05, 0) is 37.6 Å². The molecule has 0 saturated carbocycles. The Morgan fingerprint density at radius 2 is 1.54 bits per heavy atom. The molecular weight excluding hydrogens is 358 g/mol. The van der Waals surface area contributed by atoms with Crippen molar-refractivity contribution < 1.29 is 24.2 Å². The van der Waals surface area contributed by atoms with Gasteiger partial charge in [0.25, 0.3) is 5.91 Å². The van der Waals surface area contributed by atoms with Crippen LogP contribution in [0, 0.1) is 0 Å². The number of aliphatic carboxylic acids is 1. The lowest BCUT2D eigenvalue weighted by atomic mass is 10.1. The van der Waals surface area contributed by atoms with E-state index < -0.39 is 24.3 Å². The van der Waals surface area contributed by atoms with E-state index in [1.165, 1.54) is 45.4 Å². The van der Waals surface area contributed by atoms with Gasteiger partial charge in [0.15, 0.2) is 5.78 Å². The molecule has 1 atom stereocenters. The summed E-state index contributed by atoms with van der Waals surface area (Å²) in [5.74, 6) is -1.31. The third kappa shape index (κ3) is 10.1. The third-order valence-electron chi connectivity index (χ3n) is 4.56. The fourth-order valence-corrected chi connectivity index (χ4v) is 2.84. The van der Waals surface area contributed by atoms with Crippen LogP contribution in [0.1, 0.15) is 82.0 Å². The maximum atomic E-state index is 12.2. The van der Waals surface area contributed by atoms with Gasteiger partial charge in [-0.1, -0.05) is 51.9 Å². The number of ketones is 1. The van der Waals surface area contributed by atoms with Crippen molar-refractivity contribution in [3.05, 3.63) is 29.8 Å². The molecule has 0 aliphatic heterocycles. The molecule has 28 heavy (non-hydrogen) atoms. The van der Waals surface area contributed by atoms with E-state index in [4.69, 9.17) is 9.84 Å². The predicted octanol–water partition coefficient (Wildman–Crippen LogP) is 4.37. The van der Waals surface area contributed by atoms with Gasteiger partial charge in [0.1, 0.15) is 5.75 Å². The van der Waals surface area contributed by atoms with Crippen LogP contribution in [0.3, 0.4) is 0 Å². The summed E-state index contributed by atoms with van der Waals surface area (Å²) in [6, 6.07) is 5.61. The number of benzene rings is 1. The summed E-state index contributed by atoms with van der Waals surface area (Å²) in [4.78, 5) is 34.4. The van der Waals surface area contributed by atoms with E-state index in [2.05, 4.69) is 12.2 Å². The molecule has 0 radical (unpaired) electrons. The number of Topliss-reactive ketones (excluding diaryl/α,β-unsaturated/α-hetero) is 1. The Morgan fingerprint density at radius 3 is 2.07 bits per heavy atom. The molecule has 1 aromatic rings. The molecule has 6 nitrogen and oxygen atoms in total. The average molecular weight is 392 g/mol. The molecule has 1 aromatic carbocycles. The standard InChI is InChI=1S/C22H33NO5/c1-3-4-5-6-7-8-9-10-15-28-19-13-11-18(12-14-19)22(27)23-20(17(2)24)16-21(25)26/h11-14,20H,3-10,15-16H2,1-2H3,(H,23,27)(H,25,26). The fraction of sp³-hybridized carbons (Fsp3) is 0.591. The van der Waals surface area contributed by atoms with Gasteiger partial charge in [-0.2, -0.15) is 0 Å². The molecule has 1 amide bonds. The number of carbonyl (C=O) groups excluding carboxylic acids is 2. The Hall–Kier alpha value is -2.37. The first kappa shape index (κ1) is 23.7. The molecule has 0 heterocycles. The third-order valence-corrected chi connectivity index (χ3v) is 4.56. The number of ether oxygens (including phenoxy) is 1. The van der Waals surface area contributed by atoms with Crippen molar-refractivity contribution in [3.8, 4) is 5.75 Å². The largest absolute Gasteiger partial charge is 0.494 e. The second kappa shape index (κ2) is 13.7. The Kier molecular flexibility index (Phi) is 11.6. The molecule has 6 heteroatoms. The molecule has 0 saturated heterocycles. The van der Waals surface area contributed by atoms with Crippen LogP contribution in [0.25, 0.3) is 0 Å². The maximum absolute atomic E-state index is 12.2. The van der Waals surface area contributed by atoms with Crippen molar-refractivity contribution in [1.29, 1.82) is 0 Å². The minimum absolute atomic E-state index is 0.357. The summed E-state index contributed by atoms with van der Waals surface area (Å²) in [6.45, 7) is 4.13. The smallest absolute Gasteiger partial charge is 0.305 e. The van der Waals surface area contributed by atoms with Crippen LogP contribution < -0.4 is 10.1 Å². The number of carbonyl (C=O) groups is 3. The highest BCUT2D eigenvalue weighted by molar-refractivity contribution is 5.98. The summed E-state index contributed by atoms with van der Waals surface area (Å²) < 4.78 is 5.69. The van der Waals surface area contributed by atoms with E-state index in [1.807, 2.05) is 0 Å². The fourth-order valence-electron chi connectivity index (χ4n) is 2.84. The summed E-state index contributed by atoms with van der Waals surface area (Å²) >= 11 is 0. The highest BCUT2D eigenvalue weighted by Crippen LogP contribution is 2.14. The molecule has 0 spiro atoms. The summed E-state index contributed by atoms with van der Waals surface area (Å²) in [5.41, 5.74) is 0.357. The number of rotatable bonds is 15. The number of carboxylic acid groups (broad SMARTS) is 1. The molecule has 0 aliphatic carbocycles. The van der Waals surface area contributed by atoms with Crippen LogP contribution in [0.15, 0.2) is 24.3 Å². The van der Waals surface area contributed by atoms with E-state index in [-0.39, 0.29) is 5.78 Å². The zero-order chi connectivity index (χ0) is 20.8. The number of amides is 1. The lowest BCUT2D eigenvalue weighted by Gasteiger charge is -2.14. The van der Waals surface area contributed by atoms with Gasteiger partial charge >= 0.3 is 5.97 Å². The van der Waals surface area contributed by atoms with E-state index in [0.717, 1.165) is 12.8 Å². The first-order valence-electron chi connectivity index (χ1n) is 10.2. The predicted molar refractivity (Wildman–Crippen MR) is 109 cm³/mol. The second-order valence-corrected chi connectivity index (χ2v) is 7.08. The van der Waals surface area contributed by atoms with Gasteiger partial charge < -0.3 is 15.2 Å². The van der Waals surface area contributed by atoms with Gasteiger partial charge in [0.2, 0.25) is 0 Å². The number of hydrogen-bond donors (Lipinski definition) is 2. The van der Waals surface area contributed by atoms with Gasteiger partial charge in [-0.15, -0.1) is 0 Å². The quantitative estimate of drug-likeness (QED) is 0.433. The molecule has 1 unspecified atom stereocenters. The second-order valence-electron chi connectivity index (χ2n) is 7.08. The van der Waals surface area contributed by atoms with Crippen molar-refractivity contribution in [1.82, 2.24) is 5.32 Å². The summed E-state index contributed by atoms with van der Waals surface area (Å²) in [5, 5.41) is 11.3. The van der Waals surface area contributed by atoms with Crippen LogP contribution >= 0.6 is 0 Å². The van der Waals surface area contributed by atoms with Gasteiger partial charge in [-0.3, -0.25) is 14.4 Å². The average Bonchev–Trinajstić information content (AvgIpc) is 2.66. The monoisotopic (exact) mass is 391 g/mol. The Balaban J connectivity index is 2.31. The Bertz CT molecular complexity index is 612. The minimum Gasteiger partial charge on any atom is -0.494 e. The van der Waals surface area contributed by atoms with Crippen molar-refractivity contribution in [2.24, 2.45) is 0 Å². The van der Waals surface area contributed by atoms with Crippen LogP contribution in [0.4, 0.5) is 0 Å². The van der Waals surface area contributed by atoms with E-state index >= 15 is 0 Å². The number of carboxylic acids is 1. The number of hydrogen-bond acceptors (Lipinski definition) is 4. The van der Waals surface area contributed by atoms with Crippen molar-refractivity contribution in [3.63, 3.8) is 0 Å². The molecule has 156 valence electrons. The molecular formula is C22H33NO5. The van der Waals surface area contributed by atoms with Crippen LogP contribution in [0.2, 0.25) is 0 Å². The first-order valence-corrected chi connectivity index (χ1v) is 10.2. The summed E-state index contributed by atoms with van der Waals surface area (Å²) in [6.07, 6.45) is 9.49. The highest BCUT2D eigenvalue weighted by atomic mass is 16.5. The molecule has 0 aliphatic rings. The van der Waals surface area contributed by atoms with E-state index in [9.17, 15) is 14.4 Å². The van der Waals surface area contributed by atoms with Crippen molar-refractivity contribution in [2.45, 2.75) is 77.7 Å². The Morgan fingerprint density at radius 1 is 0.964 bits per heavy atom. The number of unbranched alkanes of at least 4 members (excludes halogenated alkanes) is 7. The lowest BCUT2D eigenvalue weighted by Crippen LogP contribution is -2.41. The van der Waals surface area contributed by atoms with Gasteiger partial charge in [-0.25, -0.2) is 0 Å². The van der Waals surface area contributed by atoms with Crippen LogP contribution in [-0.4, -0.2) is 35.4 Å². The van der Waals surface area contributed by atoms with E-state index in [1.54, 1.807) is 24.3 Å². The molecule has 1 rings (SSSR count).